The molecule has 29 heavy (non-hydrogen) atoms. The fourth-order valence-corrected chi connectivity index (χ4v) is 4.29. The molecule has 152 valence electrons. The molecule has 0 N–H and O–H groups in total. The van der Waals surface area contributed by atoms with Gasteiger partial charge in [0, 0.05) is 30.9 Å². The van der Waals surface area contributed by atoms with Crippen LogP contribution in [0.4, 0.5) is 11.4 Å². The van der Waals surface area contributed by atoms with E-state index in [1.807, 2.05) is 25.1 Å². The number of ether oxygens (including phenoxy) is 1. The highest BCUT2D eigenvalue weighted by molar-refractivity contribution is 7.94. The van der Waals surface area contributed by atoms with Gasteiger partial charge in [0.25, 0.3) is 5.91 Å². The van der Waals surface area contributed by atoms with Crippen LogP contribution in [0.3, 0.4) is 0 Å². The minimum absolute atomic E-state index is 0.202. The molecule has 7 nitrogen and oxygen atoms in total. The summed E-state index contributed by atoms with van der Waals surface area (Å²) in [5.41, 5.74) is 1.70. The highest BCUT2D eigenvalue weighted by Gasteiger charge is 2.31. The van der Waals surface area contributed by atoms with Gasteiger partial charge in [-0.3, -0.25) is 4.79 Å². The fourth-order valence-electron chi connectivity index (χ4n) is 3.02. The number of carbonyl (C=O) groups is 2. The van der Waals surface area contributed by atoms with E-state index in [4.69, 9.17) is 4.74 Å². The zero-order chi connectivity index (χ0) is 21.0. The second kappa shape index (κ2) is 8.48. The van der Waals surface area contributed by atoms with E-state index in [9.17, 15) is 18.0 Å². The van der Waals surface area contributed by atoms with Gasteiger partial charge in [0.05, 0.1) is 17.4 Å². The maximum atomic E-state index is 12.9. The number of sulfone groups is 1. The summed E-state index contributed by atoms with van der Waals surface area (Å²) in [7, 11) is 0.356. The lowest BCUT2D eigenvalue weighted by atomic mass is 10.2. The Morgan fingerprint density at radius 2 is 1.72 bits per heavy atom. The Hall–Kier alpha value is -3.13. The third-order valence-corrected chi connectivity index (χ3v) is 5.85. The zero-order valence-corrected chi connectivity index (χ0v) is 17.0. The van der Waals surface area contributed by atoms with Gasteiger partial charge in [-0.1, -0.05) is 24.3 Å². The topological polar surface area (TPSA) is 84.0 Å². The smallest absolute Gasteiger partial charge is 0.338 e. The van der Waals surface area contributed by atoms with Crippen LogP contribution in [-0.4, -0.2) is 52.8 Å². The summed E-state index contributed by atoms with van der Waals surface area (Å²) < 4.78 is 28.9. The normalized spacial score (nSPS) is 17.0. The summed E-state index contributed by atoms with van der Waals surface area (Å²) in [6, 6.07) is 14.9. The van der Waals surface area contributed by atoms with E-state index in [-0.39, 0.29) is 5.75 Å². The standard InChI is InChI=1S/C21H22N2O5S/c1-22(2)18-10-6-7-16(13-18)21(25)28-14-20(24)23(17-8-4-3-5-9-17)19-11-12-29(26,27)15-19/h3-13,19H,14-15H2,1-2H3/t19-/m1/s1. The van der Waals surface area contributed by atoms with Gasteiger partial charge in [-0.2, -0.15) is 0 Å². The summed E-state index contributed by atoms with van der Waals surface area (Å²) in [6.45, 7) is -0.496. The van der Waals surface area contributed by atoms with Gasteiger partial charge in [0.15, 0.2) is 16.4 Å². The lowest BCUT2D eigenvalue weighted by molar-refractivity contribution is -0.121. The monoisotopic (exact) mass is 414 g/mol. The Bertz CT molecular complexity index is 1030. The number of benzene rings is 2. The molecule has 0 aromatic heterocycles. The van der Waals surface area contributed by atoms with Crippen molar-refractivity contribution in [3.63, 3.8) is 0 Å². The van der Waals surface area contributed by atoms with Crippen molar-refractivity contribution in [1.29, 1.82) is 0 Å². The van der Waals surface area contributed by atoms with Crippen LogP contribution < -0.4 is 9.80 Å². The number of hydrogen-bond acceptors (Lipinski definition) is 6. The molecule has 8 heteroatoms. The summed E-state index contributed by atoms with van der Waals surface area (Å²) in [4.78, 5) is 28.5. The number of nitrogens with zero attached hydrogens (tertiary/aromatic N) is 2. The molecule has 0 fully saturated rings. The average molecular weight is 414 g/mol. The number of hydrogen-bond donors (Lipinski definition) is 0. The first kappa shape index (κ1) is 20.6. The summed E-state index contributed by atoms with van der Waals surface area (Å²) in [6.07, 6.45) is 1.47. The van der Waals surface area contributed by atoms with Crippen molar-refractivity contribution in [3.05, 3.63) is 71.6 Å². The largest absolute Gasteiger partial charge is 0.452 e. The minimum atomic E-state index is -3.36. The van der Waals surface area contributed by atoms with Crippen molar-refractivity contribution in [2.24, 2.45) is 0 Å². The van der Waals surface area contributed by atoms with Crippen LogP contribution in [0.2, 0.25) is 0 Å². The van der Waals surface area contributed by atoms with Crippen molar-refractivity contribution in [3.8, 4) is 0 Å². The predicted octanol–water partition coefficient (Wildman–Crippen LogP) is 2.25. The SMILES string of the molecule is CN(C)c1cccc(C(=O)OCC(=O)N(c2ccccc2)[C@@H]2C=CS(=O)(=O)C2)c1. The van der Waals surface area contributed by atoms with Gasteiger partial charge < -0.3 is 14.5 Å². The molecule has 1 atom stereocenters. The third-order valence-electron chi connectivity index (χ3n) is 4.47. The van der Waals surface area contributed by atoms with Crippen molar-refractivity contribution >= 4 is 33.1 Å². The van der Waals surface area contributed by atoms with E-state index in [1.54, 1.807) is 48.5 Å². The molecule has 3 rings (SSSR count). The third kappa shape index (κ3) is 5.03. The average Bonchev–Trinajstić information content (AvgIpc) is 3.06. The van der Waals surface area contributed by atoms with E-state index in [0.717, 1.165) is 11.1 Å². The van der Waals surface area contributed by atoms with Gasteiger partial charge in [-0.05, 0) is 36.4 Å². The van der Waals surface area contributed by atoms with Crippen LogP contribution >= 0.6 is 0 Å². The molecule has 1 aliphatic rings. The van der Waals surface area contributed by atoms with Crippen LogP contribution in [-0.2, 0) is 19.4 Å². The molecule has 2 aromatic carbocycles. The van der Waals surface area contributed by atoms with Gasteiger partial charge in [-0.25, -0.2) is 13.2 Å². The molecular formula is C21H22N2O5S. The molecule has 0 spiro atoms. The predicted molar refractivity (Wildman–Crippen MR) is 112 cm³/mol. The van der Waals surface area contributed by atoms with Crippen molar-refractivity contribution in [2.45, 2.75) is 6.04 Å². The molecule has 0 radical (unpaired) electrons. The van der Waals surface area contributed by atoms with Gasteiger partial charge in [0.2, 0.25) is 0 Å². The van der Waals surface area contributed by atoms with Gasteiger partial charge >= 0.3 is 5.97 Å². The Kier molecular flexibility index (Phi) is 6.03. The van der Waals surface area contributed by atoms with Gasteiger partial charge in [-0.15, -0.1) is 0 Å². The molecule has 0 saturated carbocycles. The highest BCUT2D eigenvalue weighted by Crippen LogP contribution is 2.23. The first-order valence-corrected chi connectivity index (χ1v) is 10.7. The van der Waals surface area contributed by atoms with Crippen LogP contribution in [0, 0.1) is 0 Å². The first-order valence-electron chi connectivity index (χ1n) is 8.99. The number of esters is 1. The molecule has 2 aromatic rings. The molecule has 0 saturated heterocycles. The summed E-state index contributed by atoms with van der Waals surface area (Å²) in [5.74, 6) is -1.32. The van der Waals surface area contributed by atoms with Crippen molar-refractivity contribution in [1.82, 2.24) is 0 Å². The van der Waals surface area contributed by atoms with Crippen LogP contribution in [0.5, 0.6) is 0 Å². The van der Waals surface area contributed by atoms with Crippen molar-refractivity contribution in [2.75, 3.05) is 36.3 Å². The number of para-hydroxylation sites is 1. The van der Waals surface area contributed by atoms with E-state index < -0.39 is 34.4 Å². The Morgan fingerprint density at radius 3 is 2.34 bits per heavy atom. The number of carbonyl (C=O) groups excluding carboxylic acids is 2. The van der Waals surface area contributed by atoms with Gasteiger partial charge in [0.1, 0.15) is 0 Å². The van der Waals surface area contributed by atoms with Crippen molar-refractivity contribution < 1.29 is 22.7 Å². The number of amides is 1. The Balaban J connectivity index is 1.74. The molecular weight excluding hydrogens is 392 g/mol. The van der Waals surface area contributed by atoms with E-state index >= 15 is 0 Å². The molecule has 0 aliphatic carbocycles. The molecule has 1 aliphatic heterocycles. The van der Waals surface area contributed by atoms with E-state index in [0.29, 0.717) is 11.3 Å². The first-order chi connectivity index (χ1) is 13.8. The van der Waals surface area contributed by atoms with Crippen LogP contribution in [0.15, 0.2) is 66.1 Å². The van der Waals surface area contributed by atoms with Crippen LogP contribution in [0.1, 0.15) is 10.4 Å². The Labute approximate surface area is 170 Å². The maximum Gasteiger partial charge on any atom is 0.338 e. The maximum absolute atomic E-state index is 12.9. The van der Waals surface area contributed by atoms with E-state index in [1.165, 1.54) is 11.0 Å². The Morgan fingerprint density at radius 1 is 1.03 bits per heavy atom. The minimum Gasteiger partial charge on any atom is -0.452 e. The second-order valence-electron chi connectivity index (χ2n) is 6.85. The van der Waals surface area contributed by atoms with Crippen LogP contribution in [0.25, 0.3) is 0 Å². The molecule has 0 unspecified atom stereocenters. The molecule has 0 bridgehead atoms. The zero-order valence-electron chi connectivity index (χ0n) is 16.2. The highest BCUT2D eigenvalue weighted by atomic mass is 32.2. The second-order valence-corrected chi connectivity index (χ2v) is 8.78. The lowest BCUT2D eigenvalue weighted by Gasteiger charge is -2.27. The van der Waals surface area contributed by atoms with E-state index in [2.05, 4.69) is 0 Å². The lowest BCUT2D eigenvalue weighted by Crippen LogP contribution is -2.43. The quantitative estimate of drug-likeness (QED) is 0.674. The number of anilines is 2. The molecule has 1 amide bonds. The fraction of sp³-hybridized carbons (Fsp3) is 0.238. The molecule has 1 heterocycles. The summed E-state index contributed by atoms with van der Waals surface area (Å²) in [5, 5.41) is 1.11. The summed E-state index contributed by atoms with van der Waals surface area (Å²) >= 11 is 0. The number of rotatable bonds is 6.